The smallest absolute Gasteiger partial charge is 0.231 e. The van der Waals surface area contributed by atoms with Crippen LogP contribution in [0.3, 0.4) is 0 Å². The van der Waals surface area contributed by atoms with Crippen LogP contribution in [0.4, 0.5) is 11.6 Å². The Balaban J connectivity index is 1.49. The molecule has 0 bridgehead atoms. The van der Waals surface area contributed by atoms with Crippen molar-refractivity contribution in [1.29, 1.82) is 0 Å². The first-order valence-electron chi connectivity index (χ1n) is 11.8. The zero-order valence-corrected chi connectivity index (χ0v) is 22.2. The number of anilines is 1. The number of rotatable bonds is 9. The van der Waals surface area contributed by atoms with Gasteiger partial charge in [0.05, 0.1) is 41.5 Å². The van der Waals surface area contributed by atoms with Gasteiger partial charge in [-0.25, -0.2) is 32.2 Å². The van der Waals surface area contributed by atoms with Crippen molar-refractivity contribution in [2.75, 3.05) is 31.2 Å². The van der Waals surface area contributed by atoms with E-state index in [0.29, 0.717) is 72.6 Å². The first-order chi connectivity index (χ1) is 17.6. The maximum Gasteiger partial charge on any atom is 0.231 e. The zero-order chi connectivity index (χ0) is 26.6. The van der Waals surface area contributed by atoms with E-state index in [1.54, 1.807) is 24.0 Å². The van der Waals surface area contributed by atoms with Gasteiger partial charge in [0.2, 0.25) is 21.7 Å². The highest BCUT2D eigenvalue weighted by Crippen LogP contribution is 2.31. The number of aromatic nitrogens is 4. The SMILES string of the molecule is [C-]#[N+]c1cnc(NC2CCN(S(C)(=O)=O)CC2)nc1-c1cnn(-c2ccc(CNC[C@@H](C)O)cc2Cl)c1. The van der Waals surface area contributed by atoms with Gasteiger partial charge in [-0.05, 0) is 37.5 Å². The average molecular weight is 545 g/mol. The molecule has 196 valence electrons. The van der Waals surface area contributed by atoms with Crippen LogP contribution >= 0.6 is 11.6 Å². The van der Waals surface area contributed by atoms with Crippen molar-refractivity contribution in [3.63, 3.8) is 0 Å². The number of aliphatic hydroxyl groups excluding tert-OH is 1. The Hall–Kier alpha value is -3.08. The molecule has 1 saturated heterocycles. The number of hydrogen-bond acceptors (Lipinski definition) is 8. The molecule has 0 aliphatic carbocycles. The number of halogens is 1. The molecule has 2 aromatic heterocycles. The van der Waals surface area contributed by atoms with Gasteiger partial charge in [0, 0.05) is 50.2 Å². The summed E-state index contributed by atoms with van der Waals surface area (Å²) in [5.41, 5.74) is 3.04. The molecule has 0 radical (unpaired) electrons. The topological polar surface area (TPSA) is 130 Å². The summed E-state index contributed by atoms with van der Waals surface area (Å²) >= 11 is 6.53. The van der Waals surface area contributed by atoms with Crippen LogP contribution in [0.25, 0.3) is 21.8 Å². The van der Waals surface area contributed by atoms with Crippen molar-refractivity contribution in [2.24, 2.45) is 0 Å². The van der Waals surface area contributed by atoms with Gasteiger partial charge in [0.15, 0.2) is 0 Å². The average Bonchev–Trinajstić information content (AvgIpc) is 3.33. The summed E-state index contributed by atoms with van der Waals surface area (Å²) in [6.45, 7) is 11.2. The van der Waals surface area contributed by atoms with Crippen LogP contribution in [-0.4, -0.2) is 75.6 Å². The van der Waals surface area contributed by atoms with E-state index in [0.717, 1.165) is 5.56 Å². The lowest BCUT2D eigenvalue weighted by Crippen LogP contribution is -2.42. The fourth-order valence-electron chi connectivity index (χ4n) is 4.10. The van der Waals surface area contributed by atoms with Crippen molar-refractivity contribution < 1.29 is 13.5 Å². The van der Waals surface area contributed by atoms with Gasteiger partial charge < -0.3 is 15.7 Å². The fraction of sp³-hybridized carbons (Fsp3) is 0.417. The summed E-state index contributed by atoms with van der Waals surface area (Å²) in [6, 6.07) is 5.67. The Labute approximate surface area is 221 Å². The third-order valence-electron chi connectivity index (χ3n) is 6.03. The summed E-state index contributed by atoms with van der Waals surface area (Å²) < 4.78 is 26.6. The highest BCUT2D eigenvalue weighted by molar-refractivity contribution is 7.88. The molecule has 3 N–H and O–H groups in total. The van der Waals surface area contributed by atoms with Crippen molar-refractivity contribution in [3.8, 4) is 16.9 Å². The quantitative estimate of drug-likeness (QED) is 0.351. The molecule has 4 rings (SSSR count). The standard InChI is InChI=1S/C24H29ClN8O3S/c1-16(34)11-27-12-17-4-5-22(20(25)10-17)33-15-18(13-29-33)23-21(26-2)14-28-24(31-23)30-19-6-8-32(9-7-19)37(3,35)36/h4-5,10,13-16,19,27,34H,6-9,11-12H2,1,3H3,(H,28,30,31)/t16-/m1/s1. The summed E-state index contributed by atoms with van der Waals surface area (Å²) in [7, 11) is -3.20. The Bertz CT molecular complexity index is 1400. The van der Waals surface area contributed by atoms with E-state index in [9.17, 15) is 13.5 Å². The molecule has 0 saturated carbocycles. The molecule has 1 aliphatic rings. The lowest BCUT2D eigenvalue weighted by atomic mass is 10.1. The Morgan fingerprint density at radius 1 is 1.30 bits per heavy atom. The maximum absolute atomic E-state index is 11.8. The van der Waals surface area contributed by atoms with Crippen LogP contribution in [0.1, 0.15) is 25.3 Å². The minimum Gasteiger partial charge on any atom is -0.392 e. The second kappa shape index (κ2) is 11.5. The van der Waals surface area contributed by atoms with E-state index in [1.165, 1.54) is 16.8 Å². The maximum atomic E-state index is 11.8. The summed E-state index contributed by atoms with van der Waals surface area (Å²) in [6.07, 6.45) is 6.93. The minimum absolute atomic E-state index is 0.0276. The van der Waals surface area contributed by atoms with Crippen molar-refractivity contribution in [1.82, 2.24) is 29.4 Å². The minimum atomic E-state index is -3.20. The molecule has 37 heavy (non-hydrogen) atoms. The predicted molar refractivity (Wildman–Crippen MR) is 142 cm³/mol. The lowest BCUT2D eigenvalue weighted by molar-refractivity contribution is 0.191. The van der Waals surface area contributed by atoms with Crippen LogP contribution < -0.4 is 10.6 Å². The molecule has 3 heterocycles. The van der Waals surface area contributed by atoms with E-state index in [-0.39, 0.29) is 6.04 Å². The van der Waals surface area contributed by atoms with Crippen LogP contribution in [0.15, 0.2) is 36.8 Å². The normalized spacial score (nSPS) is 15.9. The van der Waals surface area contributed by atoms with Gasteiger partial charge in [0.25, 0.3) is 0 Å². The Morgan fingerprint density at radius 3 is 2.70 bits per heavy atom. The van der Waals surface area contributed by atoms with E-state index in [2.05, 4.69) is 30.5 Å². The summed E-state index contributed by atoms with van der Waals surface area (Å²) in [5.74, 6) is 0.375. The molecule has 1 fully saturated rings. The van der Waals surface area contributed by atoms with Gasteiger partial charge in [-0.15, -0.1) is 0 Å². The monoisotopic (exact) mass is 544 g/mol. The third-order valence-corrected chi connectivity index (χ3v) is 7.64. The van der Waals surface area contributed by atoms with E-state index in [1.807, 2.05) is 18.2 Å². The molecule has 1 aliphatic heterocycles. The van der Waals surface area contributed by atoms with Crippen LogP contribution in [0.5, 0.6) is 0 Å². The number of nitrogens with zero attached hydrogens (tertiary/aromatic N) is 6. The molecule has 0 amide bonds. The number of hydrogen-bond donors (Lipinski definition) is 3. The second-order valence-electron chi connectivity index (χ2n) is 9.06. The van der Waals surface area contributed by atoms with E-state index in [4.69, 9.17) is 18.2 Å². The first kappa shape index (κ1) is 27.0. The zero-order valence-electron chi connectivity index (χ0n) is 20.6. The van der Waals surface area contributed by atoms with Gasteiger partial charge in [0.1, 0.15) is 0 Å². The molecular formula is C24H29ClN8O3S. The molecule has 11 nitrogen and oxygen atoms in total. The van der Waals surface area contributed by atoms with Gasteiger partial charge >= 0.3 is 0 Å². The second-order valence-corrected chi connectivity index (χ2v) is 11.4. The van der Waals surface area contributed by atoms with Crippen LogP contribution in [0.2, 0.25) is 5.02 Å². The molecule has 0 spiro atoms. The highest BCUT2D eigenvalue weighted by Gasteiger charge is 2.25. The number of sulfonamides is 1. The largest absolute Gasteiger partial charge is 0.392 e. The number of piperidine rings is 1. The Morgan fingerprint density at radius 2 is 2.05 bits per heavy atom. The first-order valence-corrected chi connectivity index (χ1v) is 14.1. The van der Waals surface area contributed by atoms with Crippen molar-refractivity contribution in [3.05, 3.63) is 58.8 Å². The molecule has 0 unspecified atom stereocenters. The summed E-state index contributed by atoms with van der Waals surface area (Å²) in [4.78, 5) is 12.4. The summed E-state index contributed by atoms with van der Waals surface area (Å²) in [5, 5.41) is 20.8. The third kappa shape index (κ3) is 6.82. The number of benzene rings is 1. The Kier molecular flexibility index (Phi) is 8.41. The molecule has 3 aromatic rings. The van der Waals surface area contributed by atoms with E-state index >= 15 is 0 Å². The van der Waals surface area contributed by atoms with Gasteiger partial charge in [-0.1, -0.05) is 17.7 Å². The lowest BCUT2D eigenvalue weighted by Gasteiger charge is -2.30. The van der Waals surface area contributed by atoms with Gasteiger partial charge in [-0.3, -0.25) is 0 Å². The molecular weight excluding hydrogens is 516 g/mol. The fourth-order valence-corrected chi connectivity index (χ4v) is 5.27. The van der Waals surface area contributed by atoms with E-state index < -0.39 is 16.1 Å². The van der Waals surface area contributed by atoms with Crippen LogP contribution in [-0.2, 0) is 16.6 Å². The van der Waals surface area contributed by atoms with Crippen LogP contribution in [0, 0.1) is 6.57 Å². The molecule has 1 atom stereocenters. The molecule has 13 heteroatoms. The number of aliphatic hydroxyl groups is 1. The predicted octanol–water partition coefficient (Wildman–Crippen LogP) is 2.84. The highest BCUT2D eigenvalue weighted by atomic mass is 35.5. The molecule has 1 aromatic carbocycles. The van der Waals surface area contributed by atoms with Crippen molar-refractivity contribution >= 4 is 33.3 Å². The van der Waals surface area contributed by atoms with Crippen molar-refractivity contribution in [2.45, 2.75) is 38.5 Å². The van der Waals surface area contributed by atoms with Gasteiger partial charge in [-0.2, -0.15) is 5.10 Å². The number of nitrogens with one attached hydrogen (secondary N) is 2.